The molecule has 3 heterocycles. The molecule has 0 aromatic carbocycles. The zero-order valence-electron chi connectivity index (χ0n) is 16.0. The highest BCUT2D eigenvalue weighted by atomic mass is 16.3. The van der Waals surface area contributed by atoms with Gasteiger partial charge in [-0.2, -0.15) is 0 Å². The van der Waals surface area contributed by atoms with Gasteiger partial charge in [0.2, 0.25) is 5.95 Å². The van der Waals surface area contributed by atoms with Crippen LogP contribution in [0.1, 0.15) is 30.9 Å². The summed E-state index contributed by atoms with van der Waals surface area (Å²) in [7, 11) is 0. The number of aryl methyl sites for hydroxylation is 1. The van der Waals surface area contributed by atoms with Crippen molar-refractivity contribution in [3.05, 3.63) is 42.1 Å². The van der Waals surface area contributed by atoms with Crippen molar-refractivity contribution in [3.63, 3.8) is 0 Å². The molecule has 2 amide bonds. The fourth-order valence-electron chi connectivity index (χ4n) is 3.14. The van der Waals surface area contributed by atoms with Crippen LogP contribution in [0.15, 0.2) is 35.0 Å². The maximum absolute atomic E-state index is 12.0. The number of nitrogens with zero attached hydrogens (tertiary/aromatic N) is 4. The number of carbonyl (C=O) groups excluding carboxylic acids is 1. The molecule has 3 rings (SSSR count). The smallest absolute Gasteiger partial charge is 0.315 e. The Morgan fingerprint density at radius 1 is 1.22 bits per heavy atom. The average Bonchev–Trinajstić information content (AvgIpc) is 3.13. The topological polar surface area (TPSA) is 86.5 Å². The summed E-state index contributed by atoms with van der Waals surface area (Å²) >= 11 is 0. The van der Waals surface area contributed by atoms with Crippen LogP contribution in [0, 0.1) is 6.92 Å². The van der Waals surface area contributed by atoms with Crippen LogP contribution in [0.3, 0.4) is 0 Å². The van der Waals surface area contributed by atoms with Crippen LogP contribution in [0.4, 0.5) is 10.7 Å². The molecule has 0 saturated carbocycles. The highest BCUT2D eigenvalue weighted by Crippen LogP contribution is 2.15. The Bertz CT molecular complexity index is 712. The van der Waals surface area contributed by atoms with Crippen LogP contribution in [-0.4, -0.2) is 60.2 Å². The molecule has 2 N–H and O–H groups in total. The lowest BCUT2D eigenvalue weighted by atomic mass is 10.2. The van der Waals surface area contributed by atoms with E-state index in [4.69, 9.17) is 4.42 Å². The summed E-state index contributed by atoms with van der Waals surface area (Å²) < 4.78 is 5.53. The van der Waals surface area contributed by atoms with Crippen molar-refractivity contribution in [1.82, 2.24) is 25.5 Å². The van der Waals surface area contributed by atoms with Gasteiger partial charge in [0.1, 0.15) is 11.5 Å². The van der Waals surface area contributed by atoms with E-state index < -0.39 is 0 Å². The lowest BCUT2D eigenvalue weighted by Crippen LogP contribution is -2.47. The minimum absolute atomic E-state index is 0.146. The predicted octanol–water partition coefficient (Wildman–Crippen LogP) is 1.95. The summed E-state index contributed by atoms with van der Waals surface area (Å²) in [4.78, 5) is 25.2. The van der Waals surface area contributed by atoms with Crippen LogP contribution in [0.5, 0.6) is 0 Å². The number of hydrogen-bond acceptors (Lipinski definition) is 6. The van der Waals surface area contributed by atoms with E-state index in [-0.39, 0.29) is 12.1 Å². The van der Waals surface area contributed by atoms with Gasteiger partial charge in [-0.05, 0) is 45.0 Å². The number of nitrogens with one attached hydrogen (secondary N) is 2. The molecule has 1 unspecified atom stereocenters. The molecule has 1 aliphatic heterocycles. The Kier molecular flexibility index (Phi) is 6.64. The quantitative estimate of drug-likeness (QED) is 0.723. The van der Waals surface area contributed by atoms with Crippen molar-refractivity contribution in [2.75, 3.05) is 44.2 Å². The molecule has 0 radical (unpaired) electrons. The second-order valence-electron chi connectivity index (χ2n) is 6.80. The van der Waals surface area contributed by atoms with Crippen LogP contribution in [-0.2, 0) is 0 Å². The third kappa shape index (κ3) is 5.68. The van der Waals surface area contributed by atoms with E-state index in [0.717, 1.165) is 56.6 Å². The number of urea groups is 1. The molecular formula is C19H28N6O2. The molecule has 8 nitrogen and oxygen atoms in total. The molecule has 1 saturated heterocycles. The van der Waals surface area contributed by atoms with Crippen molar-refractivity contribution in [2.45, 2.75) is 26.3 Å². The fourth-order valence-corrected chi connectivity index (χ4v) is 3.14. The first-order chi connectivity index (χ1) is 13.1. The number of furan rings is 1. The Balaban J connectivity index is 1.29. The molecule has 0 aliphatic carbocycles. The average molecular weight is 372 g/mol. The summed E-state index contributed by atoms with van der Waals surface area (Å²) in [6.07, 6.45) is 4.47. The van der Waals surface area contributed by atoms with Crippen molar-refractivity contribution in [2.24, 2.45) is 0 Å². The molecule has 8 heteroatoms. The van der Waals surface area contributed by atoms with E-state index in [2.05, 4.69) is 30.4 Å². The molecule has 1 aliphatic rings. The number of rotatable bonds is 7. The summed E-state index contributed by atoms with van der Waals surface area (Å²) in [6, 6.07) is 5.31. The van der Waals surface area contributed by atoms with E-state index in [1.165, 1.54) is 0 Å². The summed E-state index contributed by atoms with van der Waals surface area (Å²) in [6.45, 7) is 9.25. The first-order valence-corrected chi connectivity index (χ1v) is 9.47. The maximum Gasteiger partial charge on any atom is 0.315 e. The predicted molar refractivity (Wildman–Crippen MR) is 104 cm³/mol. The third-order valence-corrected chi connectivity index (χ3v) is 4.68. The molecule has 2 aromatic heterocycles. The van der Waals surface area contributed by atoms with Crippen molar-refractivity contribution in [3.8, 4) is 0 Å². The van der Waals surface area contributed by atoms with E-state index in [1.807, 2.05) is 32.0 Å². The summed E-state index contributed by atoms with van der Waals surface area (Å²) in [5.74, 6) is 2.41. The third-order valence-electron chi connectivity index (χ3n) is 4.68. The lowest BCUT2D eigenvalue weighted by molar-refractivity contribution is 0.231. The van der Waals surface area contributed by atoms with Crippen LogP contribution < -0.4 is 15.5 Å². The van der Waals surface area contributed by atoms with Crippen molar-refractivity contribution < 1.29 is 9.21 Å². The Labute approximate surface area is 160 Å². The van der Waals surface area contributed by atoms with E-state index in [9.17, 15) is 4.79 Å². The van der Waals surface area contributed by atoms with E-state index in [0.29, 0.717) is 6.54 Å². The number of hydrogen-bond donors (Lipinski definition) is 2. The normalized spacial score (nSPS) is 16.1. The van der Waals surface area contributed by atoms with Gasteiger partial charge in [0.25, 0.3) is 0 Å². The minimum Gasteiger partial charge on any atom is -0.464 e. The molecule has 2 aromatic rings. The second-order valence-corrected chi connectivity index (χ2v) is 6.80. The zero-order chi connectivity index (χ0) is 19.1. The Morgan fingerprint density at radius 2 is 1.96 bits per heavy atom. The maximum atomic E-state index is 12.0. The second kappa shape index (κ2) is 9.36. The van der Waals surface area contributed by atoms with Gasteiger partial charge in [0, 0.05) is 45.1 Å². The summed E-state index contributed by atoms with van der Waals surface area (Å²) in [5, 5.41) is 5.81. The number of carbonyl (C=O) groups is 1. The minimum atomic E-state index is -0.164. The highest BCUT2D eigenvalue weighted by Gasteiger charge is 2.18. The molecule has 0 bridgehead atoms. The first kappa shape index (κ1) is 19.2. The van der Waals surface area contributed by atoms with E-state index >= 15 is 0 Å². The lowest BCUT2D eigenvalue weighted by Gasteiger charge is -2.34. The largest absolute Gasteiger partial charge is 0.464 e. The van der Waals surface area contributed by atoms with Gasteiger partial charge in [-0.1, -0.05) is 0 Å². The number of aromatic nitrogens is 2. The van der Waals surface area contributed by atoms with Gasteiger partial charge in [-0.25, -0.2) is 14.8 Å². The first-order valence-electron chi connectivity index (χ1n) is 9.47. The van der Waals surface area contributed by atoms with Gasteiger partial charge in [0.15, 0.2) is 0 Å². The molecule has 1 atom stereocenters. The Hall–Kier alpha value is -2.61. The molecule has 27 heavy (non-hydrogen) atoms. The fraction of sp³-hybridized carbons (Fsp3) is 0.526. The van der Waals surface area contributed by atoms with Gasteiger partial charge < -0.3 is 20.0 Å². The van der Waals surface area contributed by atoms with Crippen LogP contribution in [0.2, 0.25) is 0 Å². The Morgan fingerprint density at radius 3 is 2.63 bits per heavy atom. The van der Waals surface area contributed by atoms with Gasteiger partial charge in [-0.15, -0.1) is 0 Å². The number of anilines is 1. The van der Waals surface area contributed by atoms with Gasteiger partial charge in [-0.3, -0.25) is 4.90 Å². The molecule has 1 fully saturated rings. The standard InChI is InChI=1S/C19H28N6O2/c1-15-5-6-17(27-15)16(2)23-19(26)22-9-4-10-24-11-13-25(14-12-24)18-20-7-3-8-21-18/h3,5-8,16H,4,9-14H2,1-2H3,(H2,22,23,26). The summed E-state index contributed by atoms with van der Waals surface area (Å²) in [5.41, 5.74) is 0. The van der Waals surface area contributed by atoms with Crippen molar-refractivity contribution in [1.29, 1.82) is 0 Å². The molecular weight excluding hydrogens is 344 g/mol. The van der Waals surface area contributed by atoms with Gasteiger partial charge >= 0.3 is 6.03 Å². The van der Waals surface area contributed by atoms with Crippen LogP contribution in [0.25, 0.3) is 0 Å². The SMILES string of the molecule is Cc1ccc(C(C)NC(=O)NCCCN2CCN(c3ncccn3)CC2)o1. The highest BCUT2D eigenvalue weighted by molar-refractivity contribution is 5.74. The zero-order valence-corrected chi connectivity index (χ0v) is 16.0. The number of amides is 2. The van der Waals surface area contributed by atoms with E-state index in [1.54, 1.807) is 12.4 Å². The molecule has 0 spiro atoms. The van der Waals surface area contributed by atoms with Crippen molar-refractivity contribution >= 4 is 12.0 Å². The monoisotopic (exact) mass is 372 g/mol. The van der Waals surface area contributed by atoms with Gasteiger partial charge in [0.05, 0.1) is 6.04 Å². The number of piperazine rings is 1. The van der Waals surface area contributed by atoms with Crippen LogP contribution >= 0.6 is 0 Å². The molecule has 146 valence electrons.